The van der Waals surface area contributed by atoms with Crippen LogP contribution >= 0.6 is 11.3 Å². The van der Waals surface area contributed by atoms with Crippen LogP contribution in [0, 0.1) is 6.92 Å². The average Bonchev–Trinajstić information content (AvgIpc) is 2.62. The van der Waals surface area contributed by atoms with Crippen LogP contribution in [0.5, 0.6) is 0 Å². The Morgan fingerprint density at radius 1 is 1.53 bits per heavy atom. The molecule has 15 heavy (non-hydrogen) atoms. The average molecular weight is 220 g/mol. The fraction of sp³-hybridized carbons (Fsp3) is 0.200. The molecule has 3 N–H and O–H groups in total. The summed E-state index contributed by atoms with van der Waals surface area (Å²) in [6.07, 6.45) is 1.69. The number of aromatic nitrogens is 2. The molecule has 0 aromatic carbocycles. The summed E-state index contributed by atoms with van der Waals surface area (Å²) in [7, 11) is 0. The maximum absolute atomic E-state index is 5.57. The van der Waals surface area contributed by atoms with Crippen molar-refractivity contribution in [2.24, 2.45) is 0 Å². The zero-order chi connectivity index (χ0) is 10.7. The van der Waals surface area contributed by atoms with Gasteiger partial charge in [0, 0.05) is 29.0 Å². The van der Waals surface area contributed by atoms with E-state index in [1.807, 2.05) is 18.4 Å². The summed E-state index contributed by atoms with van der Waals surface area (Å²) in [6.45, 7) is 2.71. The second-order valence-electron chi connectivity index (χ2n) is 3.21. The van der Waals surface area contributed by atoms with Crippen LogP contribution in [0.2, 0.25) is 0 Å². The van der Waals surface area contributed by atoms with Gasteiger partial charge in [-0.15, -0.1) is 11.3 Å². The molecule has 78 valence electrons. The van der Waals surface area contributed by atoms with E-state index in [-0.39, 0.29) is 0 Å². The van der Waals surface area contributed by atoms with Gasteiger partial charge < -0.3 is 11.1 Å². The van der Waals surface area contributed by atoms with Crippen molar-refractivity contribution < 1.29 is 0 Å². The molecule has 2 aromatic heterocycles. The minimum absolute atomic E-state index is 0.523. The van der Waals surface area contributed by atoms with Gasteiger partial charge in [0.25, 0.3) is 0 Å². The Labute approximate surface area is 92.2 Å². The molecule has 0 aliphatic heterocycles. The summed E-state index contributed by atoms with van der Waals surface area (Å²) < 4.78 is 0. The number of nitrogens with two attached hydrogens (primary N) is 1. The molecule has 5 heteroatoms. The van der Waals surface area contributed by atoms with Gasteiger partial charge in [-0.1, -0.05) is 0 Å². The first-order chi connectivity index (χ1) is 7.24. The highest BCUT2D eigenvalue weighted by atomic mass is 32.1. The van der Waals surface area contributed by atoms with Crippen LogP contribution in [-0.4, -0.2) is 9.97 Å². The molecular weight excluding hydrogens is 208 g/mol. The predicted octanol–water partition coefficient (Wildman–Crippen LogP) is 2.04. The van der Waals surface area contributed by atoms with E-state index in [0.717, 1.165) is 22.9 Å². The smallest absolute Gasteiger partial charge is 0.125 e. The Balaban J connectivity index is 1.99. The largest absolute Gasteiger partial charge is 0.384 e. The summed E-state index contributed by atoms with van der Waals surface area (Å²) in [4.78, 5) is 8.28. The minimum atomic E-state index is 0.523. The molecule has 0 fully saturated rings. The molecule has 2 aromatic rings. The Hall–Kier alpha value is -1.62. The molecule has 0 saturated carbocycles. The third-order valence-electron chi connectivity index (χ3n) is 1.89. The maximum atomic E-state index is 5.57. The van der Waals surface area contributed by atoms with Crippen molar-refractivity contribution in [1.29, 1.82) is 0 Å². The van der Waals surface area contributed by atoms with E-state index in [0.29, 0.717) is 5.82 Å². The maximum Gasteiger partial charge on any atom is 0.125 e. The number of rotatable bonds is 3. The van der Waals surface area contributed by atoms with Gasteiger partial charge in [-0.25, -0.2) is 9.97 Å². The van der Waals surface area contributed by atoms with E-state index in [1.54, 1.807) is 23.6 Å². The Morgan fingerprint density at radius 3 is 3.07 bits per heavy atom. The van der Waals surface area contributed by atoms with Crippen molar-refractivity contribution in [3.63, 3.8) is 0 Å². The van der Waals surface area contributed by atoms with E-state index in [4.69, 9.17) is 5.73 Å². The van der Waals surface area contributed by atoms with Gasteiger partial charge in [-0.3, -0.25) is 0 Å². The SMILES string of the molecule is Cc1csc(CNc2ccnc(N)c2)n1. The molecule has 2 rings (SSSR count). The van der Waals surface area contributed by atoms with Gasteiger partial charge in [-0.05, 0) is 13.0 Å². The minimum Gasteiger partial charge on any atom is -0.384 e. The first-order valence-electron chi connectivity index (χ1n) is 4.60. The molecule has 0 radical (unpaired) electrons. The monoisotopic (exact) mass is 220 g/mol. The molecule has 2 heterocycles. The Kier molecular flexibility index (Phi) is 2.82. The lowest BCUT2D eigenvalue weighted by atomic mass is 10.4. The standard InChI is InChI=1S/C10H12N4S/c1-7-6-15-10(14-7)5-13-8-2-3-12-9(11)4-8/h2-4,6H,5H2,1H3,(H3,11,12,13). The molecule has 0 aliphatic carbocycles. The molecule has 0 unspecified atom stereocenters. The number of thiazole rings is 1. The third-order valence-corrected chi connectivity index (χ3v) is 2.86. The van der Waals surface area contributed by atoms with E-state index in [1.165, 1.54) is 0 Å². The number of aryl methyl sites for hydroxylation is 1. The van der Waals surface area contributed by atoms with E-state index in [9.17, 15) is 0 Å². The lowest BCUT2D eigenvalue weighted by Gasteiger charge is -2.03. The van der Waals surface area contributed by atoms with Gasteiger partial charge in [0.2, 0.25) is 0 Å². The summed E-state index contributed by atoms with van der Waals surface area (Å²) in [5, 5.41) is 6.35. The number of nitrogens with zero attached hydrogens (tertiary/aromatic N) is 2. The van der Waals surface area contributed by atoms with Crippen molar-refractivity contribution in [2.75, 3.05) is 11.1 Å². The van der Waals surface area contributed by atoms with E-state index in [2.05, 4.69) is 15.3 Å². The molecular formula is C10H12N4S. The van der Waals surface area contributed by atoms with Crippen LogP contribution in [0.3, 0.4) is 0 Å². The Morgan fingerprint density at radius 2 is 2.40 bits per heavy atom. The van der Waals surface area contributed by atoms with Crippen molar-refractivity contribution in [2.45, 2.75) is 13.5 Å². The number of nitrogen functional groups attached to an aromatic ring is 1. The predicted molar refractivity (Wildman–Crippen MR) is 62.8 cm³/mol. The second-order valence-corrected chi connectivity index (χ2v) is 4.15. The first-order valence-corrected chi connectivity index (χ1v) is 5.48. The lowest BCUT2D eigenvalue weighted by molar-refractivity contribution is 1.07. The summed E-state index contributed by atoms with van der Waals surface area (Å²) in [5.41, 5.74) is 7.60. The summed E-state index contributed by atoms with van der Waals surface area (Å²) >= 11 is 1.65. The molecule has 4 nitrogen and oxygen atoms in total. The van der Waals surface area contributed by atoms with Crippen LogP contribution in [0.25, 0.3) is 0 Å². The van der Waals surface area contributed by atoms with Crippen molar-refractivity contribution in [1.82, 2.24) is 9.97 Å². The molecule has 0 atom stereocenters. The number of nitrogens with one attached hydrogen (secondary N) is 1. The van der Waals surface area contributed by atoms with Gasteiger partial charge in [0.1, 0.15) is 10.8 Å². The second kappa shape index (κ2) is 4.27. The molecule has 0 bridgehead atoms. The summed E-state index contributed by atoms with van der Waals surface area (Å²) in [6, 6.07) is 3.69. The highest BCUT2D eigenvalue weighted by Gasteiger charge is 1.98. The van der Waals surface area contributed by atoms with Gasteiger partial charge in [0.15, 0.2) is 0 Å². The molecule has 0 amide bonds. The highest BCUT2D eigenvalue weighted by molar-refractivity contribution is 7.09. The quantitative estimate of drug-likeness (QED) is 0.830. The number of hydrogen-bond acceptors (Lipinski definition) is 5. The number of pyridine rings is 1. The van der Waals surface area contributed by atoms with Gasteiger partial charge in [-0.2, -0.15) is 0 Å². The first kappa shape index (κ1) is 9.92. The van der Waals surface area contributed by atoms with E-state index >= 15 is 0 Å². The van der Waals surface area contributed by atoms with Crippen LogP contribution in [-0.2, 0) is 6.54 Å². The van der Waals surface area contributed by atoms with Gasteiger partial charge >= 0.3 is 0 Å². The third kappa shape index (κ3) is 2.66. The number of hydrogen-bond donors (Lipinski definition) is 2. The van der Waals surface area contributed by atoms with Crippen molar-refractivity contribution in [3.8, 4) is 0 Å². The normalized spacial score (nSPS) is 10.2. The summed E-state index contributed by atoms with van der Waals surface area (Å²) in [5.74, 6) is 0.523. The van der Waals surface area contributed by atoms with Crippen molar-refractivity contribution in [3.05, 3.63) is 34.4 Å². The Bertz CT molecular complexity index is 452. The van der Waals surface area contributed by atoms with E-state index < -0.39 is 0 Å². The lowest BCUT2D eigenvalue weighted by Crippen LogP contribution is -2.00. The van der Waals surface area contributed by atoms with Crippen LogP contribution in [0.4, 0.5) is 11.5 Å². The molecule has 0 spiro atoms. The number of anilines is 2. The topological polar surface area (TPSA) is 63.8 Å². The van der Waals surface area contributed by atoms with Gasteiger partial charge in [0.05, 0.1) is 6.54 Å². The van der Waals surface area contributed by atoms with Crippen LogP contribution in [0.15, 0.2) is 23.7 Å². The molecule has 0 saturated heterocycles. The fourth-order valence-corrected chi connectivity index (χ4v) is 1.93. The highest BCUT2D eigenvalue weighted by Crippen LogP contribution is 2.13. The molecule has 0 aliphatic rings. The zero-order valence-electron chi connectivity index (χ0n) is 8.40. The van der Waals surface area contributed by atoms with Crippen LogP contribution in [0.1, 0.15) is 10.7 Å². The fourth-order valence-electron chi connectivity index (χ4n) is 1.22. The zero-order valence-corrected chi connectivity index (χ0v) is 9.21. The van der Waals surface area contributed by atoms with Crippen LogP contribution < -0.4 is 11.1 Å². The van der Waals surface area contributed by atoms with Crippen molar-refractivity contribution >= 4 is 22.8 Å².